The van der Waals surface area contributed by atoms with Gasteiger partial charge in [-0.15, -0.1) is 0 Å². The first kappa shape index (κ1) is 35.0. The van der Waals surface area contributed by atoms with Crippen LogP contribution in [0.25, 0.3) is 54.2 Å². The van der Waals surface area contributed by atoms with E-state index < -0.39 is 7.12 Å². The van der Waals surface area contributed by atoms with E-state index >= 15 is 0 Å². The fraction of sp³-hybridized carbons (Fsp3) is 0.0244. The monoisotopic (exact) mass is 702 g/mol. The maximum Gasteiger partial charge on any atom is 0.488 e. The van der Waals surface area contributed by atoms with Gasteiger partial charge < -0.3 is 10.0 Å². The standard InChI is InChI=1S/C20H13Cl.C14H9Br.C7H9BO2.B2/c21-18-6-3-5-16(12-18)17-11-10-15-9-8-14-4-1-2-7-19(14)20(15)13-17;15-12-8-7-11-6-5-10-3-1-2-4-13(10)14(11)9-12;1-6-3-2-4-7(5-6)8(9)10;1-2/h1-13H;1-9H;2-5,9-10H,1H3;. The predicted molar refractivity (Wildman–Crippen MR) is 214 cm³/mol. The molecule has 0 aromatic heterocycles. The van der Waals surface area contributed by atoms with Crippen LogP contribution < -0.4 is 5.46 Å². The summed E-state index contributed by atoms with van der Waals surface area (Å²) in [5, 5.41) is 28.5. The highest BCUT2D eigenvalue weighted by atomic mass is 79.9. The number of benzene rings is 8. The molecular formula is C41H31B3BrClO2. The van der Waals surface area contributed by atoms with Crippen molar-refractivity contribution in [3.8, 4) is 11.1 Å². The third-order valence-corrected chi connectivity index (χ3v) is 8.68. The van der Waals surface area contributed by atoms with Crippen LogP contribution in [-0.2, 0) is 0 Å². The van der Waals surface area contributed by atoms with Crippen molar-refractivity contribution >= 4 is 98.7 Å². The molecule has 0 bridgehead atoms. The zero-order valence-corrected chi connectivity index (χ0v) is 28.7. The molecule has 4 radical (unpaired) electrons. The van der Waals surface area contributed by atoms with Gasteiger partial charge in [0.05, 0.1) is 0 Å². The van der Waals surface area contributed by atoms with Gasteiger partial charge in [0.2, 0.25) is 0 Å². The summed E-state index contributed by atoms with van der Waals surface area (Å²) in [6.07, 6.45) is 0. The third kappa shape index (κ3) is 8.58. The molecule has 0 saturated carbocycles. The Hall–Kier alpha value is -4.32. The maximum atomic E-state index is 8.70. The molecule has 0 aliphatic carbocycles. The zero-order valence-electron chi connectivity index (χ0n) is 26.4. The van der Waals surface area contributed by atoms with Gasteiger partial charge in [-0.25, -0.2) is 0 Å². The van der Waals surface area contributed by atoms with Gasteiger partial charge in [0, 0.05) is 25.0 Å². The smallest absolute Gasteiger partial charge is 0.423 e. The molecule has 8 aromatic rings. The number of halogens is 2. The normalized spacial score (nSPS) is 10.4. The minimum absolute atomic E-state index is 0.542. The lowest BCUT2D eigenvalue weighted by atomic mass is 9.80. The van der Waals surface area contributed by atoms with Gasteiger partial charge in [-0.1, -0.05) is 160 Å². The van der Waals surface area contributed by atoms with Crippen LogP contribution in [0.5, 0.6) is 0 Å². The molecule has 7 heteroatoms. The van der Waals surface area contributed by atoms with Crippen molar-refractivity contribution in [2.75, 3.05) is 0 Å². The lowest BCUT2D eigenvalue weighted by Gasteiger charge is -2.07. The van der Waals surface area contributed by atoms with Crippen molar-refractivity contribution in [3.05, 3.63) is 173 Å². The molecule has 0 unspecified atom stereocenters. The van der Waals surface area contributed by atoms with Crippen LogP contribution in [0.1, 0.15) is 5.56 Å². The number of hydrogen-bond donors (Lipinski definition) is 2. The molecule has 0 aliphatic heterocycles. The van der Waals surface area contributed by atoms with Gasteiger partial charge in [-0.3, -0.25) is 0 Å². The van der Waals surface area contributed by atoms with Crippen molar-refractivity contribution in [2.45, 2.75) is 6.92 Å². The molecule has 0 spiro atoms. The molecule has 0 heterocycles. The Labute approximate surface area is 298 Å². The Bertz CT molecular complexity index is 2310. The Morgan fingerprint density at radius 1 is 0.500 bits per heavy atom. The Kier molecular flexibility index (Phi) is 12.2. The molecule has 2 nitrogen and oxygen atoms in total. The minimum atomic E-state index is -1.35. The van der Waals surface area contributed by atoms with Crippen LogP contribution >= 0.6 is 27.5 Å². The third-order valence-electron chi connectivity index (χ3n) is 7.95. The first-order chi connectivity index (χ1) is 23.4. The van der Waals surface area contributed by atoms with Gasteiger partial charge in [0.25, 0.3) is 0 Å². The zero-order chi connectivity index (χ0) is 34.0. The number of rotatable bonds is 2. The molecule has 0 fully saturated rings. The summed E-state index contributed by atoms with van der Waals surface area (Å²) >= 11 is 9.63. The highest BCUT2D eigenvalue weighted by molar-refractivity contribution is 9.10. The van der Waals surface area contributed by atoms with E-state index in [-0.39, 0.29) is 0 Å². The lowest BCUT2D eigenvalue weighted by molar-refractivity contribution is 0.425. The van der Waals surface area contributed by atoms with E-state index in [1.807, 2.05) is 31.2 Å². The summed E-state index contributed by atoms with van der Waals surface area (Å²) in [4.78, 5) is 0. The van der Waals surface area contributed by atoms with Crippen LogP contribution in [0.4, 0.5) is 0 Å². The van der Waals surface area contributed by atoms with Gasteiger partial charge in [-0.2, -0.15) is 0 Å². The largest absolute Gasteiger partial charge is 0.488 e. The summed E-state index contributed by atoms with van der Waals surface area (Å²) in [5.74, 6) is 0. The second-order valence-corrected chi connectivity index (χ2v) is 12.5. The Morgan fingerprint density at radius 2 is 1.00 bits per heavy atom. The van der Waals surface area contributed by atoms with Crippen molar-refractivity contribution in [3.63, 3.8) is 0 Å². The average Bonchev–Trinajstić information content (AvgIpc) is 3.12. The van der Waals surface area contributed by atoms with E-state index in [9.17, 15) is 0 Å². The first-order valence-electron chi connectivity index (χ1n) is 15.4. The van der Waals surface area contributed by atoms with Crippen LogP contribution in [-0.4, -0.2) is 32.6 Å². The van der Waals surface area contributed by atoms with E-state index in [1.165, 1.54) is 48.7 Å². The molecule has 0 amide bonds. The topological polar surface area (TPSA) is 40.5 Å². The first-order valence-corrected chi connectivity index (χ1v) is 16.5. The second kappa shape index (κ2) is 16.7. The molecular weight excluding hydrogens is 672 g/mol. The van der Waals surface area contributed by atoms with Crippen LogP contribution in [0.3, 0.4) is 0 Å². The van der Waals surface area contributed by atoms with Gasteiger partial charge in [0.15, 0.2) is 0 Å². The Morgan fingerprint density at radius 3 is 1.56 bits per heavy atom. The fourth-order valence-corrected chi connectivity index (χ4v) is 6.21. The molecule has 230 valence electrons. The van der Waals surface area contributed by atoms with Gasteiger partial charge in [-0.05, 0) is 96.9 Å². The number of fused-ring (bicyclic) bond motifs is 6. The minimum Gasteiger partial charge on any atom is -0.423 e. The van der Waals surface area contributed by atoms with Crippen molar-refractivity contribution in [1.29, 1.82) is 0 Å². The van der Waals surface area contributed by atoms with E-state index in [4.69, 9.17) is 21.6 Å². The lowest BCUT2D eigenvalue weighted by Crippen LogP contribution is -2.29. The van der Waals surface area contributed by atoms with E-state index in [1.54, 1.807) is 18.2 Å². The van der Waals surface area contributed by atoms with E-state index in [0.717, 1.165) is 20.6 Å². The molecule has 48 heavy (non-hydrogen) atoms. The quantitative estimate of drug-likeness (QED) is 0.139. The molecule has 0 atom stereocenters. The highest BCUT2D eigenvalue weighted by Crippen LogP contribution is 2.31. The highest BCUT2D eigenvalue weighted by Gasteiger charge is 2.09. The molecule has 2 N–H and O–H groups in total. The van der Waals surface area contributed by atoms with Gasteiger partial charge >= 0.3 is 7.12 Å². The molecule has 8 aromatic carbocycles. The summed E-state index contributed by atoms with van der Waals surface area (Å²) in [6, 6.07) is 53.8. The second-order valence-electron chi connectivity index (χ2n) is 11.2. The van der Waals surface area contributed by atoms with Crippen molar-refractivity contribution in [1.82, 2.24) is 0 Å². The van der Waals surface area contributed by atoms with Gasteiger partial charge in [0.1, 0.15) is 0 Å². The molecule has 0 saturated heterocycles. The average molecular weight is 703 g/mol. The molecule has 8 rings (SSSR count). The Balaban J connectivity index is 0.000000146. The van der Waals surface area contributed by atoms with Crippen LogP contribution in [0, 0.1) is 6.92 Å². The SMILES string of the molecule is Brc1ccc2ccc3ccccc3c2c1.Cc1cccc(B(O)O)c1.Clc1cccc(-c2ccc3ccc4ccccc4c3c2)c1.[B][B]. The van der Waals surface area contributed by atoms with Crippen LogP contribution in [0.15, 0.2) is 162 Å². The van der Waals surface area contributed by atoms with E-state index in [0.29, 0.717) is 5.46 Å². The van der Waals surface area contributed by atoms with Crippen molar-refractivity contribution < 1.29 is 10.0 Å². The summed E-state index contributed by atoms with van der Waals surface area (Å²) in [6.45, 7) is 1.91. The molecule has 0 aliphatic rings. The number of hydrogen-bond acceptors (Lipinski definition) is 2. The van der Waals surface area contributed by atoms with Crippen molar-refractivity contribution in [2.24, 2.45) is 0 Å². The maximum absolute atomic E-state index is 8.70. The summed E-state index contributed by atoms with van der Waals surface area (Å²) < 4.78 is 1.13. The summed E-state index contributed by atoms with van der Waals surface area (Å²) in [5.41, 5.74) is 3.92. The predicted octanol–water partition coefficient (Wildman–Crippen LogP) is 9.98. The van der Waals surface area contributed by atoms with Crippen LogP contribution in [0.2, 0.25) is 5.02 Å². The fourth-order valence-electron chi connectivity index (χ4n) is 5.65. The number of aryl methyl sites for hydroxylation is 1. The summed E-state index contributed by atoms with van der Waals surface area (Å²) in [7, 11) is 6.65. The van der Waals surface area contributed by atoms with E-state index in [2.05, 4.69) is 147 Å².